The Balaban J connectivity index is 2.03. The van der Waals surface area contributed by atoms with Gasteiger partial charge in [-0.15, -0.1) is 0 Å². The molecule has 0 unspecified atom stereocenters. The lowest BCUT2D eigenvalue weighted by Gasteiger charge is -2.13. The van der Waals surface area contributed by atoms with E-state index in [2.05, 4.69) is 20.6 Å². The van der Waals surface area contributed by atoms with Crippen LogP contribution in [-0.2, 0) is 6.18 Å². The van der Waals surface area contributed by atoms with Crippen molar-refractivity contribution in [1.82, 2.24) is 9.97 Å². The second-order valence-corrected chi connectivity index (χ2v) is 6.99. The lowest BCUT2D eigenvalue weighted by Crippen LogP contribution is -2.08. The minimum atomic E-state index is -4.63. The molecule has 2 aromatic carbocycles. The molecule has 0 saturated carbocycles. The van der Waals surface area contributed by atoms with Crippen LogP contribution in [0, 0.1) is 10.1 Å². The van der Waals surface area contributed by atoms with Gasteiger partial charge in [-0.05, 0) is 36.4 Å². The molecule has 1 aromatic heterocycles. The van der Waals surface area contributed by atoms with Crippen molar-refractivity contribution in [2.75, 3.05) is 10.6 Å². The van der Waals surface area contributed by atoms with Crippen LogP contribution in [0.5, 0.6) is 0 Å². The molecule has 3 rings (SSSR count). The molecular formula is C17H9Cl3F3N5O2. The zero-order chi connectivity index (χ0) is 22.1. The number of anilines is 4. The predicted octanol–water partition coefficient (Wildman–Crippen LogP) is 6.85. The highest BCUT2D eigenvalue weighted by Gasteiger charge is 2.31. The van der Waals surface area contributed by atoms with Gasteiger partial charge in [0.1, 0.15) is 6.33 Å². The first-order chi connectivity index (χ1) is 14.1. The summed E-state index contributed by atoms with van der Waals surface area (Å²) in [5, 5.41) is 17.2. The summed E-state index contributed by atoms with van der Waals surface area (Å²) in [5.41, 5.74) is -1.57. The Bertz CT molecular complexity index is 1130. The number of nitrogens with zero attached hydrogens (tertiary/aromatic N) is 3. The normalized spacial score (nSPS) is 11.3. The summed E-state index contributed by atoms with van der Waals surface area (Å²) < 4.78 is 38.9. The minimum absolute atomic E-state index is 0.0915. The molecule has 0 aliphatic rings. The van der Waals surface area contributed by atoms with E-state index in [4.69, 9.17) is 34.8 Å². The number of halogens is 6. The fourth-order valence-electron chi connectivity index (χ4n) is 2.38. The van der Waals surface area contributed by atoms with E-state index in [0.29, 0.717) is 5.02 Å². The summed E-state index contributed by atoms with van der Waals surface area (Å²) in [4.78, 5) is 18.5. The first-order valence-electron chi connectivity index (χ1n) is 7.91. The Hall–Kier alpha value is -2.82. The third-order valence-corrected chi connectivity index (χ3v) is 4.61. The van der Waals surface area contributed by atoms with E-state index in [0.717, 1.165) is 24.5 Å². The van der Waals surface area contributed by atoms with Crippen LogP contribution in [0.15, 0.2) is 42.7 Å². The predicted molar refractivity (Wildman–Crippen MR) is 108 cm³/mol. The summed E-state index contributed by atoms with van der Waals surface area (Å²) >= 11 is 17.8. The van der Waals surface area contributed by atoms with Crippen LogP contribution >= 0.6 is 34.8 Å². The van der Waals surface area contributed by atoms with Gasteiger partial charge < -0.3 is 10.6 Å². The molecule has 7 nitrogen and oxygen atoms in total. The van der Waals surface area contributed by atoms with Crippen molar-refractivity contribution in [1.29, 1.82) is 0 Å². The largest absolute Gasteiger partial charge is 0.416 e. The zero-order valence-electron chi connectivity index (χ0n) is 14.5. The maximum absolute atomic E-state index is 13.0. The number of aromatic nitrogens is 2. The number of rotatable bonds is 5. The molecule has 156 valence electrons. The molecule has 3 aromatic rings. The highest BCUT2D eigenvalue weighted by Crippen LogP contribution is 2.38. The Labute approximate surface area is 182 Å². The van der Waals surface area contributed by atoms with Gasteiger partial charge in [0.05, 0.1) is 31.9 Å². The van der Waals surface area contributed by atoms with Gasteiger partial charge in [-0.1, -0.05) is 34.8 Å². The highest BCUT2D eigenvalue weighted by molar-refractivity contribution is 6.36. The number of benzene rings is 2. The van der Waals surface area contributed by atoms with Crippen LogP contribution in [0.2, 0.25) is 15.1 Å². The molecule has 0 bridgehead atoms. The van der Waals surface area contributed by atoms with E-state index in [-0.39, 0.29) is 33.1 Å². The number of hydrogen-bond donors (Lipinski definition) is 2. The van der Waals surface area contributed by atoms with Crippen molar-refractivity contribution in [3.63, 3.8) is 0 Å². The van der Waals surface area contributed by atoms with Crippen LogP contribution in [0.25, 0.3) is 0 Å². The second kappa shape index (κ2) is 8.50. The van der Waals surface area contributed by atoms with E-state index in [9.17, 15) is 23.3 Å². The van der Waals surface area contributed by atoms with Gasteiger partial charge >= 0.3 is 11.9 Å². The molecule has 2 N–H and O–H groups in total. The number of hydrogen-bond acceptors (Lipinski definition) is 6. The fourth-order valence-corrected chi connectivity index (χ4v) is 3.00. The zero-order valence-corrected chi connectivity index (χ0v) is 16.7. The van der Waals surface area contributed by atoms with E-state index < -0.39 is 22.4 Å². The standard InChI is InChI=1S/C17H9Cl3F3N5O2/c18-9-2-4-12(11(20)6-9)26-15-14(28(29)30)16(25-7-24-15)27-13-5-8(17(21,22)23)1-3-10(13)19/h1-7H,(H2,24,25,26,27). The lowest BCUT2D eigenvalue weighted by molar-refractivity contribution is -0.383. The third-order valence-electron chi connectivity index (χ3n) is 3.74. The molecule has 0 radical (unpaired) electrons. The maximum Gasteiger partial charge on any atom is 0.416 e. The Kier molecular flexibility index (Phi) is 6.20. The van der Waals surface area contributed by atoms with Gasteiger partial charge in [0.15, 0.2) is 0 Å². The summed E-state index contributed by atoms with van der Waals surface area (Å²) in [7, 11) is 0. The quantitative estimate of drug-likeness (QED) is 0.308. The topological polar surface area (TPSA) is 93.0 Å². The Morgan fingerprint density at radius 1 is 0.900 bits per heavy atom. The second-order valence-electron chi connectivity index (χ2n) is 5.74. The van der Waals surface area contributed by atoms with Crippen molar-refractivity contribution in [3.05, 3.63) is 73.5 Å². The van der Waals surface area contributed by atoms with Crippen LogP contribution in [0.1, 0.15) is 5.56 Å². The van der Waals surface area contributed by atoms with Crippen molar-refractivity contribution in [2.45, 2.75) is 6.18 Å². The highest BCUT2D eigenvalue weighted by atomic mass is 35.5. The molecule has 1 heterocycles. The Morgan fingerprint density at radius 3 is 2.10 bits per heavy atom. The Morgan fingerprint density at radius 2 is 1.53 bits per heavy atom. The molecule has 0 aliphatic heterocycles. The number of alkyl halides is 3. The average molecular weight is 479 g/mol. The van der Waals surface area contributed by atoms with Crippen molar-refractivity contribution in [3.8, 4) is 0 Å². The molecule has 0 amide bonds. The summed E-state index contributed by atoms with van der Waals surface area (Å²) in [5.74, 6) is -0.617. The maximum atomic E-state index is 13.0. The smallest absolute Gasteiger partial charge is 0.333 e. The van der Waals surface area contributed by atoms with Crippen molar-refractivity contribution in [2.24, 2.45) is 0 Å². The summed E-state index contributed by atoms with van der Waals surface area (Å²) in [6, 6.07) is 6.93. The summed E-state index contributed by atoms with van der Waals surface area (Å²) in [6.07, 6.45) is -3.64. The van der Waals surface area contributed by atoms with E-state index in [1.807, 2.05) is 0 Å². The molecule has 0 fully saturated rings. The van der Waals surface area contributed by atoms with Gasteiger partial charge in [0, 0.05) is 5.02 Å². The minimum Gasteiger partial charge on any atom is -0.333 e. The molecular weight excluding hydrogens is 470 g/mol. The fraction of sp³-hybridized carbons (Fsp3) is 0.0588. The number of nitrogens with one attached hydrogen (secondary N) is 2. The van der Waals surface area contributed by atoms with Crippen molar-refractivity contribution < 1.29 is 18.1 Å². The first kappa shape index (κ1) is 21.9. The van der Waals surface area contributed by atoms with Gasteiger partial charge in [-0.25, -0.2) is 9.97 Å². The van der Waals surface area contributed by atoms with Crippen LogP contribution in [0.4, 0.5) is 41.9 Å². The monoisotopic (exact) mass is 477 g/mol. The molecule has 0 saturated heterocycles. The van der Waals surface area contributed by atoms with Gasteiger partial charge in [0.2, 0.25) is 11.6 Å². The van der Waals surface area contributed by atoms with Crippen LogP contribution < -0.4 is 10.6 Å². The van der Waals surface area contributed by atoms with Crippen molar-refractivity contribution >= 4 is 63.5 Å². The molecule has 0 spiro atoms. The SMILES string of the molecule is O=[N+]([O-])c1c(Nc2ccc(Cl)cc2Cl)ncnc1Nc1cc(C(F)(F)F)ccc1Cl. The molecule has 13 heteroatoms. The van der Waals surface area contributed by atoms with E-state index >= 15 is 0 Å². The third kappa shape index (κ3) is 4.84. The molecule has 0 atom stereocenters. The van der Waals surface area contributed by atoms with Crippen LogP contribution in [-0.4, -0.2) is 14.9 Å². The van der Waals surface area contributed by atoms with Gasteiger partial charge in [0.25, 0.3) is 0 Å². The van der Waals surface area contributed by atoms with Gasteiger partial charge in [-0.3, -0.25) is 10.1 Å². The lowest BCUT2D eigenvalue weighted by atomic mass is 10.2. The average Bonchev–Trinajstić information content (AvgIpc) is 2.65. The number of nitro groups is 1. The molecule has 0 aliphatic carbocycles. The van der Waals surface area contributed by atoms with Crippen LogP contribution in [0.3, 0.4) is 0 Å². The van der Waals surface area contributed by atoms with E-state index in [1.165, 1.54) is 18.2 Å². The first-order valence-corrected chi connectivity index (χ1v) is 9.05. The molecule has 30 heavy (non-hydrogen) atoms. The van der Waals surface area contributed by atoms with E-state index in [1.54, 1.807) is 0 Å². The van der Waals surface area contributed by atoms with Gasteiger partial charge in [-0.2, -0.15) is 13.2 Å². The summed E-state index contributed by atoms with van der Waals surface area (Å²) in [6.45, 7) is 0.